The van der Waals surface area contributed by atoms with E-state index in [2.05, 4.69) is 77.9 Å². The highest BCUT2D eigenvalue weighted by atomic mass is 32.1. The number of thiol groups is 1. The van der Waals surface area contributed by atoms with E-state index in [0.29, 0.717) is 14.3 Å². The maximum atomic E-state index is 11.1. The zero-order valence-electron chi connectivity index (χ0n) is 19.3. The molecule has 1 N–H and O–H groups in total. The van der Waals surface area contributed by atoms with Crippen molar-refractivity contribution in [2.45, 2.75) is 90.0 Å². The number of aryl methyl sites for hydroxylation is 1. The molecule has 2 aromatic carbocycles. The Bertz CT molecular complexity index is 822. The maximum Gasteiger partial charge on any atom is 0.122 e. The number of hydrogen-bond donors (Lipinski definition) is 2. The summed E-state index contributed by atoms with van der Waals surface area (Å²) in [5, 5.41) is 12.6. The molecule has 3 atom stereocenters. The maximum absolute atomic E-state index is 11.1. The highest BCUT2D eigenvalue weighted by Crippen LogP contribution is 2.50. The van der Waals surface area contributed by atoms with Crippen LogP contribution in [0.15, 0.2) is 36.4 Å². The topological polar surface area (TPSA) is 20.2 Å². The molecule has 0 radical (unpaired) electrons. The van der Waals surface area contributed by atoms with Gasteiger partial charge in [0.05, 0.1) is 0 Å². The summed E-state index contributed by atoms with van der Waals surface area (Å²) in [7, 11) is 0.592. The fourth-order valence-corrected chi connectivity index (χ4v) is 6.09. The van der Waals surface area contributed by atoms with Gasteiger partial charge in [0.2, 0.25) is 0 Å². The highest BCUT2D eigenvalue weighted by molar-refractivity contribution is 7.80. The first-order chi connectivity index (χ1) is 13.5. The van der Waals surface area contributed by atoms with Crippen LogP contribution in [0.3, 0.4) is 0 Å². The lowest BCUT2D eigenvalue weighted by Gasteiger charge is -2.34. The van der Waals surface area contributed by atoms with Gasteiger partial charge in [-0.15, -0.1) is 0 Å². The van der Waals surface area contributed by atoms with Crippen molar-refractivity contribution in [3.63, 3.8) is 0 Å². The van der Waals surface area contributed by atoms with E-state index in [4.69, 9.17) is 12.6 Å². The molecule has 0 amide bonds. The number of unbranched alkanes of at least 4 members (excludes halogenated alkanes) is 2. The Balaban J connectivity index is 2.60. The van der Waals surface area contributed by atoms with Gasteiger partial charge < -0.3 is 5.11 Å². The summed E-state index contributed by atoms with van der Waals surface area (Å²) in [5.41, 5.74) is 4.75. The minimum atomic E-state index is -0.0932. The van der Waals surface area contributed by atoms with Gasteiger partial charge in [0, 0.05) is 16.0 Å². The Hall–Kier alpha value is -0.980. The third-order valence-corrected chi connectivity index (χ3v) is 7.94. The molecule has 160 valence electrons. The molecular formula is C26H39OPS. The normalized spacial score (nSPS) is 15.6. The van der Waals surface area contributed by atoms with Crippen molar-refractivity contribution < 1.29 is 5.11 Å². The second-order valence-electron chi connectivity index (χ2n) is 9.62. The summed E-state index contributed by atoms with van der Waals surface area (Å²) >= 11 is 4.73. The summed E-state index contributed by atoms with van der Waals surface area (Å²) in [6, 6.07) is 13.1. The zero-order valence-corrected chi connectivity index (χ0v) is 21.2. The Labute approximate surface area is 185 Å². The van der Waals surface area contributed by atoms with Crippen LogP contribution in [-0.4, -0.2) is 5.11 Å². The van der Waals surface area contributed by atoms with Crippen molar-refractivity contribution in [3.05, 3.63) is 58.7 Å². The first-order valence-electron chi connectivity index (χ1n) is 10.9. The van der Waals surface area contributed by atoms with Crippen LogP contribution in [-0.2, 0) is 10.6 Å². The molecule has 2 rings (SSSR count). The molecule has 0 fully saturated rings. The van der Waals surface area contributed by atoms with E-state index in [9.17, 15) is 5.11 Å². The smallest absolute Gasteiger partial charge is 0.122 e. The van der Waals surface area contributed by atoms with E-state index in [1.54, 1.807) is 0 Å². The molecule has 0 aliphatic carbocycles. The summed E-state index contributed by atoms with van der Waals surface area (Å²) in [5.74, 6) is 0.473. The lowest BCUT2D eigenvalue weighted by atomic mass is 9.82. The Kier molecular flexibility index (Phi) is 8.28. The highest BCUT2D eigenvalue weighted by Gasteiger charge is 2.32. The number of benzene rings is 2. The molecule has 0 aliphatic rings. The van der Waals surface area contributed by atoms with Crippen molar-refractivity contribution in [3.8, 4) is 5.75 Å². The average molecular weight is 431 g/mol. The molecule has 0 heterocycles. The van der Waals surface area contributed by atoms with E-state index in [0.717, 1.165) is 17.5 Å². The Morgan fingerprint density at radius 2 is 1.72 bits per heavy atom. The summed E-state index contributed by atoms with van der Waals surface area (Å²) in [4.78, 5) is 0. The number of aromatic hydroxyl groups is 1. The largest absolute Gasteiger partial charge is 0.507 e. The van der Waals surface area contributed by atoms with Crippen molar-refractivity contribution in [2.24, 2.45) is 0 Å². The summed E-state index contributed by atoms with van der Waals surface area (Å²) < 4.78 is 0. The molecule has 3 heteroatoms. The lowest BCUT2D eigenvalue weighted by Crippen LogP contribution is -2.23. The monoisotopic (exact) mass is 430 g/mol. The van der Waals surface area contributed by atoms with Crippen molar-refractivity contribution in [2.75, 3.05) is 0 Å². The first-order valence-corrected chi connectivity index (χ1v) is 12.4. The van der Waals surface area contributed by atoms with Crippen LogP contribution in [0.4, 0.5) is 0 Å². The van der Waals surface area contributed by atoms with Crippen molar-refractivity contribution >= 4 is 26.5 Å². The van der Waals surface area contributed by atoms with E-state index in [1.165, 1.54) is 35.7 Å². The van der Waals surface area contributed by atoms with E-state index in [-0.39, 0.29) is 15.8 Å². The molecule has 0 spiro atoms. The quantitative estimate of drug-likeness (QED) is 0.249. The second kappa shape index (κ2) is 9.88. The number of phenolic OH excluding ortho intramolecular Hbond substituents is 1. The van der Waals surface area contributed by atoms with Crippen molar-refractivity contribution in [1.29, 1.82) is 0 Å². The predicted octanol–water partition coefficient (Wildman–Crippen LogP) is 7.79. The van der Waals surface area contributed by atoms with E-state index >= 15 is 0 Å². The van der Waals surface area contributed by atoms with Gasteiger partial charge in [-0.3, -0.25) is 0 Å². The Morgan fingerprint density at radius 3 is 2.31 bits per heavy atom. The minimum absolute atomic E-state index is 0.0537. The van der Waals surface area contributed by atoms with Gasteiger partial charge >= 0.3 is 0 Å². The van der Waals surface area contributed by atoms with Crippen LogP contribution in [0.2, 0.25) is 0 Å². The summed E-state index contributed by atoms with van der Waals surface area (Å²) in [6.45, 7) is 15.5. The second-order valence-corrected chi connectivity index (χ2v) is 12.3. The molecule has 2 aromatic rings. The fourth-order valence-electron chi connectivity index (χ4n) is 3.90. The molecule has 0 saturated carbocycles. The third-order valence-electron chi connectivity index (χ3n) is 5.86. The SMILES string of the molecule is CCCCCC(C)(Pc1ccccc1C(C)S)c1cc(C(C)(C)C)cc(C)c1O. The van der Waals surface area contributed by atoms with Gasteiger partial charge in [-0.05, 0) is 47.7 Å². The fraction of sp³-hybridized carbons (Fsp3) is 0.538. The molecule has 3 unspecified atom stereocenters. The predicted molar refractivity (Wildman–Crippen MR) is 135 cm³/mol. The average Bonchev–Trinajstić information content (AvgIpc) is 2.63. The number of hydrogen-bond acceptors (Lipinski definition) is 2. The minimum Gasteiger partial charge on any atom is -0.507 e. The third kappa shape index (κ3) is 6.02. The van der Waals surface area contributed by atoms with Crippen LogP contribution >= 0.6 is 21.2 Å². The van der Waals surface area contributed by atoms with Gasteiger partial charge in [-0.1, -0.05) is 98.9 Å². The van der Waals surface area contributed by atoms with Crippen molar-refractivity contribution in [1.82, 2.24) is 0 Å². The molecule has 1 nitrogen and oxygen atoms in total. The van der Waals surface area contributed by atoms with Gasteiger partial charge in [-0.2, -0.15) is 12.6 Å². The van der Waals surface area contributed by atoms with Gasteiger partial charge in [0.25, 0.3) is 0 Å². The van der Waals surface area contributed by atoms with E-state index in [1.807, 2.05) is 6.92 Å². The van der Waals surface area contributed by atoms with Gasteiger partial charge in [-0.25, -0.2) is 0 Å². The van der Waals surface area contributed by atoms with E-state index < -0.39 is 0 Å². The van der Waals surface area contributed by atoms with Crippen LogP contribution in [0, 0.1) is 6.92 Å². The van der Waals surface area contributed by atoms with Gasteiger partial charge in [0.1, 0.15) is 5.75 Å². The van der Waals surface area contributed by atoms with Crippen LogP contribution in [0.1, 0.15) is 94.7 Å². The standard InChI is InChI=1S/C26H39OPS/c1-8-9-12-15-26(7,28-23-14-11-10-13-21(23)19(3)29)22-17-20(25(4,5)6)16-18(2)24(22)27/h10-11,13-14,16-17,19,27-29H,8-9,12,15H2,1-7H3. The number of phenols is 1. The van der Waals surface area contributed by atoms with Crippen LogP contribution in [0.5, 0.6) is 5.75 Å². The molecule has 0 bridgehead atoms. The molecule has 0 saturated heterocycles. The van der Waals surface area contributed by atoms with Crippen LogP contribution in [0.25, 0.3) is 0 Å². The summed E-state index contributed by atoms with van der Waals surface area (Å²) in [6.07, 6.45) is 4.69. The van der Waals surface area contributed by atoms with Crippen LogP contribution < -0.4 is 5.30 Å². The van der Waals surface area contributed by atoms with Gasteiger partial charge in [0.15, 0.2) is 0 Å². The molecule has 29 heavy (non-hydrogen) atoms. The Morgan fingerprint density at radius 1 is 1.07 bits per heavy atom. The molecule has 0 aromatic heterocycles. The molecular weight excluding hydrogens is 391 g/mol. The number of rotatable bonds is 8. The first kappa shape index (κ1) is 24.3. The zero-order chi connectivity index (χ0) is 21.8. The lowest BCUT2D eigenvalue weighted by molar-refractivity contribution is 0.444. The molecule has 0 aliphatic heterocycles.